The summed E-state index contributed by atoms with van der Waals surface area (Å²) in [6, 6.07) is 19.3. The summed E-state index contributed by atoms with van der Waals surface area (Å²) in [5.41, 5.74) is 0.682. The van der Waals surface area contributed by atoms with Crippen molar-refractivity contribution in [2.75, 3.05) is 29.9 Å². The van der Waals surface area contributed by atoms with Crippen LogP contribution in [-0.2, 0) is 14.8 Å². The maximum absolute atomic E-state index is 13.5. The van der Waals surface area contributed by atoms with Crippen molar-refractivity contribution in [2.45, 2.75) is 11.8 Å². The number of halogens is 1. The molecule has 0 aliphatic heterocycles. The average Bonchev–Trinajstić information content (AvgIpc) is 2.79. The normalized spacial score (nSPS) is 11.0. The Kier molecular flexibility index (Phi) is 7.61. The van der Waals surface area contributed by atoms with Gasteiger partial charge in [0.15, 0.2) is 0 Å². The standard InChI is InChI=1S/C23H23ClN2O5S/c1-3-31-22-11-7-5-9-20(22)26(32(28,29)18-14-12-17(24)13-15-18)16-23(27)25-19-8-4-6-10-21(19)30-2/h4-15H,3,16H2,1-2H3,(H,25,27). The number of nitrogens with one attached hydrogen (secondary N) is 1. The first-order valence-electron chi connectivity index (χ1n) is 9.79. The zero-order valence-corrected chi connectivity index (χ0v) is 19.2. The minimum Gasteiger partial charge on any atom is -0.495 e. The first-order valence-corrected chi connectivity index (χ1v) is 11.6. The van der Waals surface area contributed by atoms with Crippen LogP contribution in [0, 0.1) is 0 Å². The molecule has 168 valence electrons. The second kappa shape index (κ2) is 10.4. The maximum atomic E-state index is 13.5. The van der Waals surface area contributed by atoms with E-state index in [9.17, 15) is 13.2 Å². The number of anilines is 2. The molecule has 3 aromatic rings. The number of carbonyl (C=O) groups is 1. The topological polar surface area (TPSA) is 84.9 Å². The fraction of sp³-hybridized carbons (Fsp3) is 0.174. The van der Waals surface area contributed by atoms with Crippen LogP contribution in [0.4, 0.5) is 11.4 Å². The highest BCUT2D eigenvalue weighted by atomic mass is 35.5. The zero-order chi connectivity index (χ0) is 23.1. The number of para-hydroxylation sites is 4. The quantitative estimate of drug-likeness (QED) is 0.490. The average molecular weight is 475 g/mol. The van der Waals surface area contributed by atoms with Gasteiger partial charge in [-0.25, -0.2) is 8.42 Å². The van der Waals surface area contributed by atoms with Gasteiger partial charge in [0, 0.05) is 5.02 Å². The lowest BCUT2D eigenvalue weighted by molar-refractivity contribution is -0.114. The second-order valence-corrected chi connectivity index (χ2v) is 8.91. The summed E-state index contributed by atoms with van der Waals surface area (Å²) in [5, 5.41) is 3.12. The lowest BCUT2D eigenvalue weighted by atomic mass is 10.2. The van der Waals surface area contributed by atoms with Gasteiger partial charge in [-0.1, -0.05) is 35.9 Å². The van der Waals surface area contributed by atoms with E-state index in [-0.39, 0.29) is 10.6 Å². The summed E-state index contributed by atoms with van der Waals surface area (Å²) in [6.45, 7) is 1.65. The Bertz CT molecular complexity index is 1180. The number of rotatable bonds is 9. The smallest absolute Gasteiger partial charge is 0.264 e. The van der Waals surface area contributed by atoms with Gasteiger partial charge in [0.1, 0.15) is 18.0 Å². The highest BCUT2D eigenvalue weighted by Gasteiger charge is 2.29. The molecule has 0 radical (unpaired) electrons. The van der Waals surface area contributed by atoms with E-state index >= 15 is 0 Å². The van der Waals surface area contributed by atoms with Crippen molar-refractivity contribution in [3.63, 3.8) is 0 Å². The fourth-order valence-corrected chi connectivity index (χ4v) is 4.60. The molecule has 0 aliphatic rings. The Morgan fingerprint density at radius 2 is 1.59 bits per heavy atom. The van der Waals surface area contributed by atoms with Gasteiger partial charge in [0.05, 0.1) is 30.0 Å². The number of methoxy groups -OCH3 is 1. The molecule has 0 aromatic heterocycles. The number of hydrogen-bond acceptors (Lipinski definition) is 5. The zero-order valence-electron chi connectivity index (χ0n) is 17.6. The predicted octanol–water partition coefficient (Wildman–Crippen LogP) is 4.58. The van der Waals surface area contributed by atoms with E-state index in [1.165, 1.54) is 31.4 Å². The van der Waals surface area contributed by atoms with Crippen molar-refractivity contribution < 1.29 is 22.7 Å². The number of sulfonamides is 1. The summed E-state index contributed by atoms with van der Waals surface area (Å²) in [4.78, 5) is 12.9. The second-order valence-electron chi connectivity index (χ2n) is 6.61. The van der Waals surface area contributed by atoms with Crippen molar-refractivity contribution in [1.29, 1.82) is 0 Å². The minimum atomic E-state index is -4.11. The molecule has 0 fully saturated rings. The van der Waals surface area contributed by atoms with E-state index in [0.717, 1.165) is 4.31 Å². The molecule has 0 bridgehead atoms. The van der Waals surface area contributed by atoms with E-state index in [1.807, 2.05) is 0 Å². The minimum absolute atomic E-state index is 0.00158. The highest BCUT2D eigenvalue weighted by Crippen LogP contribution is 2.33. The summed E-state index contributed by atoms with van der Waals surface area (Å²) in [7, 11) is -2.63. The Morgan fingerprint density at radius 3 is 2.25 bits per heavy atom. The van der Waals surface area contributed by atoms with Gasteiger partial charge in [-0.3, -0.25) is 9.10 Å². The van der Waals surface area contributed by atoms with Gasteiger partial charge in [0.2, 0.25) is 5.91 Å². The van der Waals surface area contributed by atoms with Crippen LogP contribution in [-0.4, -0.2) is 34.6 Å². The number of nitrogens with zero attached hydrogens (tertiary/aromatic N) is 1. The molecule has 0 heterocycles. The molecule has 0 aliphatic carbocycles. The lowest BCUT2D eigenvalue weighted by Crippen LogP contribution is -2.38. The highest BCUT2D eigenvalue weighted by molar-refractivity contribution is 7.92. The molecular weight excluding hydrogens is 452 g/mol. The molecule has 0 saturated heterocycles. The first kappa shape index (κ1) is 23.4. The fourth-order valence-electron chi connectivity index (χ4n) is 3.04. The van der Waals surface area contributed by atoms with Gasteiger partial charge in [0.25, 0.3) is 10.0 Å². The molecule has 0 unspecified atom stereocenters. The summed E-state index contributed by atoms with van der Waals surface area (Å²) in [5.74, 6) is 0.263. The lowest BCUT2D eigenvalue weighted by Gasteiger charge is -2.26. The van der Waals surface area contributed by atoms with Gasteiger partial charge in [-0.15, -0.1) is 0 Å². The van der Waals surface area contributed by atoms with E-state index < -0.39 is 22.5 Å². The largest absolute Gasteiger partial charge is 0.495 e. The Hall–Kier alpha value is -3.23. The van der Waals surface area contributed by atoms with Crippen LogP contribution in [0.15, 0.2) is 77.7 Å². The van der Waals surface area contributed by atoms with E-state index in [1.54, 1.807) is 55.5 Å². The van der Waals surface area contributed by atoms with E-state index in [2.05, 4.69) is 5.32 Å². The molecule has 1 N–H and O–H groups in total. The molecule has 32 heavy (non-hydrogen) atoms. The van der Waals surface area contributed by atoms with Crippen LogP contribution in [0.25, 0.3) is 0 Å². The van der Waals surface area contributed by atoms with Crippen molar-refractivity contribution >= 4 is 38.9 Å². The molecule has 0 spiro atoms. The number of hydrogen-bond donors (Lipinski definition) is 1. The third-order valence-electron chi connectivity index (χ3n) is 4.50. The summed E-state index contributed by atoms with van der Waals surface area (Å²) < 4.78 is 39.0. The Balaban J connectivity index is 2.01. The third kappa shape index (κ3) is 5.33. The van der Waals surface area contributed by atoms with Crippen molar-refractivity contribution in [3.05, 3.63) is 77.8 Å². The van der Waals surface area contributed by atoms with Crippen LogP contribution in [0.2, 0.25) is 5.02 Å². The predicted molar refractivity (Wildman–Crippen MR) is 125 cm³/mol. The van der Waals surface area contributed by atoms with Gasteiger partial charge in [-0.05, 0) is 55.5 Å². The van der Waals surface area contributed by atoms with Gasteiger partial charge >= 0.3 is 0 Å². The van der Waals surface area contributed by atoms with E-state index in [0.29, 0.717) is 28.8 Å². The van der Waals surface area contributed by atoms with Crippen molar-refractivity contribution in [3.8, 4) is 11.5 Å². The van der Waals surface area contributed by atoms with Gasteiger partial charge in [-0.2, -0.15) is 0 Å². The molecular formula is C23H23ClN2O5S. The molecule has 7 nitrogen and oxygen atoms in total. The van der Waals surface area contributed by atoms with E-state index in [4.69, 9.17) is 21.1 Å². The number of benzene rings is 3. The summed E-state index contributed by atoms with van der Waals surface area (Å²) in [6.07, 6.45) is 0. The number of ether oxygens (including phenoxy) is 2. The Labute approximate surface area is 192 Å². The van der Waals surface area contributed by atoms with Crippen LogP contribution in [0.5, 0.6) is 11.5 Å². The van der Waals surface area contributed by atoms with Crippen LogP contribution in [0.3, 0.4) is 0 Å². The molecule has 1 amide bonds. The monoisotopic (exact) mass is 474 g/mol. The maximum Gasteiger partial charge on any atom is 0.264 e. The van der Waals surface area contributed by atoms with Crippen molar-refractivity contribution in [2.24, 2.45) is 0 Å². The van der Waals surface area contributed by atoms with Crippen LogP contribution < -0.4 is 19.1 Å². The molecule has 0 atom stereocenters. The summed E-state index contributed by atoms with van der Waals surface area (Å²) >= 11 is 5.92. The molecule has 9 heteroatoms. The number of carbonyl (C=O) groups excluding carboxylic acids is 1. The molecule has 3 aromatic carbocycles. The third-order valence-corrected chi connectivity index (χ3v) is 6.53. The van der Waals surface area contributed by atoms with Gasteiger partial charge < -0.3 is 14.8 Å². The molecule has 3 rings (SSSR count). The number of amides is 1. The van der Waals surface area contributed by atoms with Crippen LogP contribution >= 0.6 is 11.6 Å². The SMILES string of the molecule is CCOc1ccccc1N(CC(=O)Nc1ccccc1OC)S(=O)(=O)c1ccc(Cl)cc1. The van der Waals surface area contributed by atoms with Crippen LogP contribution in [0.1, 0.15) is 6.92 Å². The van der Waals surface area contributed by atoms with Crippen molar-refractivity contribution in [1.82, 2.24) is 0 Å². The molecule has 0 saturated carbocycles. The first-order chi connectivity index (χ1) is 15.4. The Morgan fingerprint density at radius 1 is 0.969 bits per heavy atom.